The van der Waals surface area contributed by atoms with Gasteiger partial charge in [-0.15, -0.1) is 0 Å². The van der Waals surface area contributed by atoms with Gasteiger partial charge in [-0.05, 0) is 31.9 Å². The van der Waals surface area contributed by atoms with Gasteiger partial charge in [-0.2, -0.15) is 19.4 Å². The van der Waals surface area contributed by atoms with Crippen molar-refractivity contribution in [3.63, 3.8) is 0 Å². The Kier molecular flexibility index (Phi) is 11.4. The number of esters is 2. The van der Waals surface area contributed by atoms with Crippen molar-refractivity contribution in [3.05, 3.63) is 42.7 Å². The van der Waals surface area contributed by atoms with Crippen molar-refractivity contribution in [1.29, 1.82) is 0 Å². The van der Waals surface area contributed by atoms with Gasteiger partial charge >= 0.3 is 25.8 Å². The van der Waals surface area contributed by atoms with E-state index in [0.29, 0.717) is 0 Å². The van der Waals surface area contributed by atoms with Crippen LogP contribution in [0.25, 0.3) is 11.2 Å². The zero-order valence-corrected chi connectivity index (χ0v) is 27.7. The molecular formula is C30H42FN6O8P. The third-order valence-electron chi connectivity index (χ3n) is 7.77. The molecule has 1 aliphatic heterocycles. The van der Waals surface area contributed by atoms with Crippen molar-refractivity contribution in [1.82, 2.24) is 24.6 Å². The summed E-state index contributed by atoms with van der Waals surface area (Å²) in [7, 11) is -4.30. The number of carbonyl (C=O) groups excluding carboxylic acids is 2. The van der Waals surface area contributed by atoms with Crippen LogP contribution in [0.4, 0.5) is 10.2 Å². The number of aromatic nitrogens is 4. The molecule has 46 heavy (non-hydrogen) atoms. The number of fused-ring (bicyclic) bond motifs is 1. The molecule has 1 aromatic carbocycles. The summed E-state index contributed by atoms with van der Waals surface area (Å²) in [5, 5.41) is 2.68. The number of ether oxygens (including phenoxy) is 3. The molecule has 0 unspecified atom stereocenters. The van der Waals surface area contributed by atoms with E-state index in [0.717, 1.165) is 12.8 Å². The minimum absolute atomic E-state index is 0.0783. The maximum absolute atomic E-state index is 14.2. The number of hydrogen-bond acceptors (Lipinski definition) is 12. The molecule has 0 spiro atoms. The maximum atomic E-state index is 14.2. The molecule has 3 heterocycles. The van der Waals surface area contributed by atoms with Crippen LogP contribution in [0.15, 0.2) is 36.7 Å². The third-order valence-corrected chi connectivity index (χ3v) is 9.40. The smallest absolute Gasteiger partial charge is 0.459 e. The summed E-state index contributed by atoms with van der Waals surface area (Å²) in [5.74, 6) is -1.31. The number of anilines is 1. The van der Waals surface area contributed by atoms with Gasteiger partial charge in [0.2, 0.25) is 0 Å². The molecular weight excluding hydrogens is 622 g/mol. The fourth-order valence-corrected chi connectivity index (χ4v) is 6.38. The Morgan fingerprint density at radius 3 is 2.52 bits per heavy atom. The lowest BCUT2D eigenvalue weighted by Gasteiger charge is -2.32. The molecule has 5 atom stereocenters. The van der Waals surface area contributed by atoms with Crippen molar-refractivity contribution < 1.29 is 41.8 Å². The van der Waals surface area contributed by atoms with E-state index in [1.165, 1.54) is 17.8 Å². The molecule has 2 aromatic heterocycles. The first-order valence-electron chi connectivity index (χ1n) is 15.2. The van der Waals surface area contributed by atoms with Crippen molar-refractivity contribution in [3.8, 4) is 5.75 Å². The summed E-state index contributed by atoms with van der Waals surface area (Å²) in [6.45, 7) is 10.3. The van der Waals surface area contributed by atoms with Crippen molar-refractivity contribution in [2.45, 2.75) is 84.8 Å². The molecule has 252 valence electrons. The summed E-state index contributed by atoms with van der Waals surface area (Å²) < 4.78 is 59.2. The van der Waals surface area contributed by atoms with Crippen LogP contribution < -0.4 is 15.3 Å². The largest absolute Gasteiger partial charge is 0.464 e. The van der Waals surface area contributed by atoms with E-state index >= 15 is 0 Å². The van der Waals surface area contributed by atoms with Gasteiger partial charge in [-0.25, -0.2) is 9.55 Å². The monoisotopic (exact) mass is 664 g/mol. The number of nitrogens with zero attached hydrogens (tertiary/aromatic N) is 4. The van der Waals surface area contributed by atoms with E-state index < -0.39 is 62.3 Å². The van der Waals surface area contributed by atoms with Crippen LogP contribution in [0.5, 0.6) is 5.75 Å². The van der Waals surface area contributed by atoms with Crippen LogP contribution in [0.2, 0.25) is 0 Å². The summed E-state index contributed by atoms with van der Waals surface area (Å²) in [4.78, 5) is 37.1. The molecule has 0 aliphatic carbocycles. The van der Waals surface area contributed by atoms with Gasteiger partial charge in [-0.1, -0.05) is 58.7 Å². The summed E-state index contributed by atoms with van der Waals surface area (Å²) in [6, 6.07) is 7.24. The van der Waals surface area contributed by atoms with Crippen LogP contribution in [0.3, 0.4) is 0 Å². The summed E-state index contributed by atoms with van der Waals surface area (Å²) >= 11 is 0. The lowest BCUT2D eigenvalue weighted by Crippen LogP contribution is -2.44. The van der Waals surface area contributed by atoms with Crippen LogP contribution in [-0.4, -0.2) is 62.4 Å². The zero-order chi connectivity index (χ0) is 33.6. The fraction of sp³-hybridized carbons (Fsp3) is 0.567. The molecule has 3 aromatic rings. The molecule has 0 radical (unpaired) electrons. The maximum Gasteiger partial charge on any atom is 0.459 e. The van der Waals surface area contributed by atoms with Gasteiger partial charge in [0.05, 0.1) is 25.5 Å². The number of imidazole rings is 1. The average molecular weight is 665 g/mol. The van der Waals surface area contributed by atoms with Gasteiger partial charge < -0.3 is 24.5 Å². The number of hydrogen-bond donors (Lipinski definition) is 2. The number of nitrogens with two attached hydrogens (primary N) is 1. The average Bonchev–Trinajstić information content (AvgIpc) is 3.58. The second kappa shape index (κ2) is 14.8. The normalized spacial score (nSPS) is 21.8. The molecule has 14 nitrogen and oxygen atoms in total. The van der Waals surface area contributed by atoms with Gasteiger partial charge in [0.15, 0.2) is 17.0 Å². The molecule has 1 aliphatic rings. The standard InChI is InChI=1S/C30H42FN6O8P/c1-7-20(8-2)15-41-28(39)19(5)36-46(40,45-21-12-10-9-11-13-21)42-16-30(6)22(43-27(38)18(3)4)14-23(44-30)37-17-33-24-25(32)34-29(31)35-26(24)37/h9-13,17-20,22-23H,7-8,14-16H2,1-6H3,(H,36,40)(H2,32,34,35)/t19-,22-,23+,30+,46-/m0/s1. The van der Waals surface area contributed by atoms with Gasteiger partial charge in [-0.3, -0.25) is 18.7 Å². The number of nitrogen functional groups attached to an aromatic ring is 1. The highest BCUT2D eigenvalue weighted by Gasteiger charge is 2.51. The topological polar surface area (TPSA) is 179 Å². The Balaban J connectivity index is 1.59. The second-order valence-corrected chi connectivity index (χ2v) is 13.4. The van der Waals surface area contributed by atoms with E-state index in [2.05, 4.69) is 20.0 Å². The lowest BCUT2D eigenvalue weighted by atomic mass is 10.00. The predicted molar refractivity (Wildman–Crippen MR) is 166 cm³/mol. The highest BCUT2D eigenvalue weighted by atomic mass is 31.2. The van der Waals surface area contributed by atoms with E-state index in [4.69, 9.17) is 29.0 Å². The second-order valence-electron chi connectivity index (χ2n) is 11.7. The highest BCUT2D eigenvalue weighted by molar-refractivity contribution is 7.52. The van der Waals surface area contributed by atoms with Crippen LogP contribution in [0.1, 0.15) is 67.0 Å². The molecule has 0 saturated carbocycles. The summed E-state index contributed by atoms with van der Waals surface area (Å²) in [6.07, 6.45) is 0.322. The Hall–Kier alpha value is -3.65. The predicted octanol–water partition coefficient (Wildman–Crippen LogP) is 4.95. The van der Waals surface area contributed by atoms with E-state index in [-0.39, 0.29) is 41.7 Å². The Labute approximate surface area is 267 Å². The molecule has 0 amide bonds. The zero-order valence-electron chi connectivity index (χ0n) is 26.8. The van der Waals surface area contributed by atoms with Crippen molar-refractivity contribution in [2.75, 3.05) is 18.9 Å². The Morgan fingerprint density at radius 2 is 1.87 bits per heavy atom. The molecule has 1 saturated heterocycles. The molecule has 1 fully saturated rings. The van der Waals surface area contributed by atoms with Crippen LogP contribution in [0, 0.1) is 17.9 Å². The minimum Gasteiger partial charge on any atom is -0.464 e. The lowest BCUT2D eigenvalue weighted by molar-refractivity contribution is -0.167. The number of halogens is 1. The molecule has 3 N–H and O–H groups in total. The number of nitrogens with one attached hydrogen (secondary N) is 1. The van der Waals surface area contributed by atoms with Crippen molar-refractivity contribution >= 4 is 36.7 Å². The number of carbonyl (C=O) groups is 2. The van der Waals surface area contributed by atoms with E-state index in [1.807, 2.05) is 13.8 Å². The van der Waals surface area contributed by atoms with Crippen molar-refractivity contribution in [2.24, 2.45) is 11.8 Å². The Morgan fingerprint density at radius 1 is 1.17 bits per heavy atom. The third kappa shape index (κ3) is 8.38. The molecule has 4 rings (SSSR count). The van der Waals surface area contributed by atoms with E-state index in [1.54, 1.807) is 51.1 Å². The number of benzene rings is 1. The molecule has 16 heteroatoms. The quantitative estimate of drug-likeness (QED) is 0.127. The van der Waals surface area contributed by atoms with Gasteiger partial charge in [0.25, 0.3) is 0 Å². The minimum atomic E-state index is -4.30. The number of para-hydroxylation sites is 1. The van der Waals surface area contributed by atoms with E-state index in [9.17, 15) is 18.5 Å². The first kappa shape index (κ1) is 35.2. The molecule has 0 bridgehead atoms. The van der Waals surface area contributed by atoms with Gasteiger partial charge in [0, 0.05) is 6.42 Å². The first-order valence-corrected chi connectivity index (χ1v) is 16.8. The Bertz CT molecular complexity index is 1550. The first-order chi connectivity index (χ1) is 21.8. The SMILES string of the molecule is CCC(CC)COC(=O)[C@H](C)N[P@](=O)(OC[C@@]1(C)O[C@@H](n2cnc3c(N)nc(F)nc32)C[C@@H]1OC(=O)C(C)C)Oc1ccccc1. The highest BCUT2D eigenvalue weighted by Crippen LogP contribution is 2.48. The number of rotatable bonds is 15. The fourth-order valence-electron chi connectivity index (χ4n) is 4.80. The van der Waals surface area contributed by atoms with Gasteiger partial charge in [0.1, 0.15) is 29.7 Å². The summed E-state index contributed by atoms with van der Waals surface area (Å²) in [5.41, 5.74) is 4.68. The van der Waals surface area contributed by atoms with Crippen LogP contribution >= 0.6 is 7.75 Å². The van der Waals surface area contributed by atoms with Crippen LogP contribution in [-0.2, 0) is 32.9 Å².